The SMILES string of the molecule is COC[C@@H]1CCCN1Cc1cncc(-c2ccc3c(c2)CCC(=O)N3C)c1. The van der Waals surface area contributed by atoms with Crippen molar-refractivity contribution in [1.82, 2.24) is 9.88 Å². The van der Waals surface area contributed by atoms with Gasteiger partial charge in [-0.15, -0.1) is 0 Å². The minimum absolute atomic E-state index is 0.190. The maximum absolute atomic E-state index is 11.9. The lowest BCUT2D eigenvalue weighted by atomic mass is 9.96. The molecule has 0 spiro atoms. The van der Waals surface area contributed by atoms with Crippen LogP contribution in [0.3, 0.4) is 0 Å². The molecule has 4 rings (SSSR count). The van der Waals surface area contributed by atoms with Gasteiger partial charge in [-0.05, 0) is 60.7 Å². The van der Waals surface area contributed by atoms with Crippen molar-refractivity contribution in [3.63, 3.8) is 0 Å². The molecule has 142 valence electrons. The number of pyridine rings is 1. The van der Waals surface area contributed by atoms with Crippen molar-refractivity contribution in [3.8, 4) is 11.1 Å². The van der Waals surface area contributed by atoms with Crippen LogP contribution in [0.15, 0.2) is 36.7 Å². The number of rotatable bonds is 5. The number of ether oxygens (including phenoxy) is 1. The summed E-state index contributed by atoms with van der Waals surface area (Å²) < 4.78 is 5.37. The number of hydrogen-bond acceptors (Lipinski definition) is 4. The number of aryl methyl sites for hydroxylation is 1. The second kappa shape index (κ2) is 7.79. The smallest absolute Gasteiger partial charge is 0.227 e. The predicted octanol–water partition coefficient (Wildman–Crippen LogP) is 3.27. The average molecular weight is 365 g/mol. The molecule has 1 aromatic carbocycles. The Kier molecular flexibility index (Phi) is 5.23. The van der Waals surface area contributed by atoms with Gasteiger partial charge < -0.3 is 9.64 Å². The highest BCUT2D eigenvalue weighted by Gasteiger charge is 2.24. The Balaban J connectivity index is 1.55. The number of fused-ring (bicyclic) bond motifs is 1. The lowest BCUT2D eigenvalue weighted by molar-refractivity contribution is -0.118. The van der Waals surface area contributed by atoms with Gasteiger partial charge in [0.05, 0.1) is 6.61 Å². The summed E-state index contributed by atoms with van der Waals surface area (Å²) in [5.41, 5.74) is 5.80. The molecule has 1 atom stereocenters. The molecule has 0 bridgehead atoms. The van der Waals surface area contributed by atoms with E-state index >= 15 is 0 Å². The highest BCUT2D eigenvalue weighted by molar-refractivity contribution is 5.96. The molecule has 2 aliphatic rings. The second-order valence-corrected chi connectivity index (χ2v) is 7.60. The van der Waals surface area contributed by atoms with Crippen LogP contribution in [0.2, 0.25) is 0 Å². The Hall–Kier alpha value is -2.24. The minimum atomic E-state index is 0.190. The molecule has 1 fully saturated rings. The fourth-order valence-corrected chi connectivity index (χ4v) is 4.29. The number of anilines is 1. The van der Waals surface area contributed by atoms with Gasteiger partial charge in [0.2, 0.25) is 5.91 Å². The van der Waals surface area contributed by atoms with Gasteiger partial charge in [0.15, 0.2) is 0 Å². The third-order valence-electron chi connectivity index (χ3n) is 5.80. The molecular weight excluding hydrogens is 338 g/mol. The standard InChI is InChI=1S/C22H27N3O2/c1-24-21-7-5-17(11-18(21)6-8-22(24)26)19-10-16(12-23-13-19)14-25-9-3-4-20(25)15-27-2/h5,7,10-13,20H,3-4,6,8-9,14-15H2,1-2H3/t20-/m0/s1. The summed E-state index contributed by atoms with van der Waals surface area (Å²) in [7, 11) is 3.63. The summed E-state index contributed by atoms with van der Waals surface area (Å²) in [4.78, 5) is 20.6. The van der Waals surface area contributed by atoms with E-state index in [4.69, 9.17) is 4.74 Å². The fraction of sp³-hybridized carbons (Fsp3) is 0.455. The van der Waals surface area contributed by atoms with Crippen LogP contribution >= 0.6 is 0 Å². The van der Waals surface area contributed by atoms with Gasteiger partial charge in [-0.1, -0.05) is 6.07 Å². The number of carbonyl (C=O) groups is 1. The molecule has 5 nitrogen and oxygen atoms in total. The van der Waals surface area contributed by atoms with E-state index in [0.717, 1.165) is 37.4 Å². The van der Waals surface area contributed by atoms with E-state index in [2.05, 4.69) is 34.1 Å². The van der Waals surface area contributed by atoms with Crippen LogP contribution in [0.5, 0.6) is 0 Å². The van der Waals surface area contributed by atoms with Gasteiger partial charge in [-0.25, -0.2) is 0 Å². The average Bonchev–Trinajstić information content (AvgIpc) is 3.12. The van der Waals surface area contributed by atoms with Crippen molar-refractivity contribution in [3.05, 3.63) is 47.8 Å². The number of nitrogens with zero attached hydrogens (tertiary/aromatic N) is 3. The lowest BCUT2D eigenvalue weighted by Gasteiger charge is -2.26. The third kappa shape index (κ3) is 3.75. The molecule has 0 N–H and O–H groups in total. The normalized spacial score (nSPS) is 20.1. The molecule has 3 heterocycles. The van der Waals surface area contributed by atoms with Gasteiger partial charge in [0.25, 0.3) is 0 Å². The van der Waals surface area contributed by atoms with E-state index in [1.165, 1.54) is 29.5 Å². The topological polar surface area (TPSA) is 45.7 Å². The van der Waals surface area contributed by atoms with E-state index in [1.54, 1.807) is 12.0 Å². The molecule has 27 heavy (non-hydrogen) atoms. The van der Waals surface area contributed by atoms with Gasteiger partial charge >= 0.3 is 0 Å². The van der Waals surface area contributed by atoms with Crippen LogP contribution in [-0.4, -0.2) is 49.1 Å². The second-order valence-electron chi connectivity index (χ2n) is 7.60. The molecule has 2 aliphatic heterocycles. The zero-order valence-corrected chi connectivity index (χ0v) is 16.1. The van der Waals surface area contributed by atoms with Crippen LogP contribution < -0.4 is 4.90 Å². The minimum Gasteiger partial charge on any atom is -0.383 e. The molecule has 2 aromatic rings. The summed E-state index contributed by atoms with van der Waals surface area (Å²) in [6.07, 6.45) is 7.74. The Labute approximate surface area is 161 Å². The van der Waals surface area contributed by atoms with Crippen LogP contribution in [-0.2, 0) is 22.5 Å². The quantitative estimate of drug-likeness (QED) is 0.816. The van der Waals surface area contributed by atoms with E-state index in [0.29, 0.717) is 12.5 Å². The summed E-state index contributed by atoms with van der Waals surface area (Å²) in [6.45, 7) is 2.83. The van der Waals surface area contributed by atoms with Gasteiger partial charge in [-0.2, -0.15) is 0 Å². The molecule has 1 amide bonds. The first-order valence-electron chi connectivity index (χ1n) is 9.72. The maximum Gasteiger partial charge on any atom is 0.227 e. The third-order valence-corrected chi connectivity index (χ3v) is 5.80. The first-order valence-corrected chi connectivity index (χ1v) is 9.72. The van der Waals surface area contributed by atoms with Gasteiger partial charge in [0, 0.05) is 56.8 Å². The number of benzene rings is 1. The zero-order chi connectivity index (χ0) is 18.8. The van der Waals surface area contributed by atoms with E-state index in [9.17, 15) is 4.79 Å². The first kappa shape index (κ1) is 18.1. The van der Waals surface area contributed by atoms with Crippen LogP contribution in [0.25, 0.3) is 11.1 Å². The molecule has 0 unspecified atom stereocenters. The first-order chi connectivity index (χ1) is 13.2. The number of carbonyl (C=O) groups excluding carboxylic acids is 1. The van der Waals surface area contributed by atoms with Crippen molar-refractivity contribution >= 4 is 11.6 Å². The van der Waals surface area contributed by atoms with Gasteiger partial charge in [0.1, 0.15) is 0 Å². The number of likely N-dealkylation sites (tertiary alicyclic amines) is 1. The van der Waals surface area contributed by atoms with Crippen molar-refractivity contribution in [2.75, 3.05) is 32.2 Å². The lowest BCUT2D eigenvalue weighted by Crippen LogP contribution is -2.32. The van der Waals surface area contributed by atoms with Crippen molar-refractivity contribution < 1.29 is 9.53 Å². The molecule has 0 radical (unpaired) electrons. The van der Waals surface area contributed by atoms with Crippen molar-refractivity contribution in [1.29, 1.82) is 0 Å². The van der Waals surface area contributed by atoms with E-state index in [-0.39, 0.29) is 5.91 Å². The molecular formula is C22H27N3O2. The van der Waals surface area contributed by atoms with Crippen molar-refractivity contribution in [2.45, 2.75) is 38.3 Å². The number of aromatic nitrogens is 1. The van der Waals surface area contributed by atoms with Gasteiger partial charge in [-0.3, -0.25) is 14.7 Å². The van der Waals surface area contributed by atoms with Crippen molar-refractivity contribution in [2.24, 2.45) is 0 Å². The fourth-order valence-electron chi connectivity index (χ4n) is 4.29. The molecule has 1 saturated heterocycles. The monoisotopic (exact) mass is 365 g/mol. The van der Waals surface area contributed by atoms with Crippen LogP contribution in [0, 0.1) is 0 Å². The maximum atomic E-state index is 11.9. The van der Waals surface area contributed by atoms with Crippen LogP contribution in [0.1, 0.15) is 30.4 Å². The Morgan fingerprint density at radius 2 is 2.07 bits per heavy atom. The molecule has 0 saturated carbocycles. The summed E-state index contributed by atoms with van der Waals surface area (Å²) in [5, 5.41) is 0. The summed E-state index contributed by atoms with van der Waals surface area (Å²) in [6, 6.07) is 9.12. The number of hydrogen-bond donors (Lipinski definition) is 0. The Morgan fingerprint density at radius 3 is 2.93 bits per heavy atom. The van der Waals surface area contributed by atoms with E-state index < -0.39 is 0 Å². The molecule has 0 aliphatic carbocycles. The zero-order valence-electron chi connectivity index (χ0n) is 16.1. The Bertz CT molecular complexity index is 836. The summed E-state index contributed by atoms with van der Waals surface area (Å²) >= 11 is 0. The predicted molar refractivity (Wildman–Crippen MR) is 107 cm³/mol. The Morgan fingerprint density at radius 1 is 1.19 bits per heavy atom. The van der Waals surface area contributed by atoms with E-state index in [1.807, 2.05) is 19.4 Å². The number of methoxy groups -OCH3 is 1. The highest BCUT2D eigenvalue weighted by atomic mass is 16.5. The van der Waals surface area contributed by atoms with Crippen LogP contribution in [0.4, 0.5) is 5.69 Å². The largest absolute Gasteiger partial charge is 0.383 e. The summed E-state index contributed by atoms with van der Waals surface area (Å²) in [5.74, 6) is 0.190. The highest BCUT2D eigenvalue weighted by Crippen LogP contribution is 2.31. The number of amides is 1. The molecule has 5 heteroatoms. The molecule has 1 aromatic heterocycles.